The second-order valence-corrected chi connectivity index (χ2v) is 4.77. The number of aryl methyl sites for hydroxylation is 1. The summed E-state index contributed by atoms with van der Waals surface area (Å²) >= 11 is 0. The van der Waals surface area contributed by atoms with Gasteiger partial charge < -0.3 is 14.8 Å². The molecule has 3 heteroatoms. The summed E-state index contributed by atoms with van der Waals surface area (Å²) in [4.78, 5) is 0. The van der Waals surface area contributed by atoms with Crippen molar-refractivity contribution in [3.05, 3.63) is 35.4 Å². The van der Waals surface area contributed by atoms with Gasteiger partial charge >= 0.3 is 0 Å². The summed E-state index contributed by atoms with van der Waals surface area (Å²) in [7, 11) is 1.70. The number of benzene rings is 1. The Morgan fingerprint density at radius 2 is 2.00 bits per heavy atom. The Morgan fingerprint density at radius 1 is 1.17 bits per heavy atom. The first-order valence-electron chi connectivity index (χ1n) is 6.77. The number of hydrogen-bond donors (Lipinski definition) is 1. The van der Waals surface area contributed by atoms with Crippen LogP contribution in [0.15, 0.2) is 24.3 Å². The molecule has 0 radical (unpaired) electrons. The molecule has 0 amide bonds. The van der Waals surface area contributed by atoms with E-state index in [4.69, 9.17) is 9.47 Å². The molecule has 0 saturated heterocycles. The van der Waals surface area contributed by atoms with Gasteiger partial charge in [-0.2, -0.15) is 0 Å². The number of nitrogens with one attached hydrogen (secondary N) is 1. The average molecular weight is 249 g/mol. The minimum absolute atomic E-state index is 0.603. The first-order valence-corrected chi connectivity index (χ1v) is 6.77. The molecular formula is C15H23NO2. The molecule has 0 saturated carbocycles. The molecule has 0 fully saturated rings. The van der Waals surface area contributed by atoms with E-state index in [1.54, 1.807) is 7.11 Å². The Kier molecular flexibility index (Phi) is 5.65. The monoisotopic (exact) mass is 249 g/mol. The number of fused-ring (bicyclic) bond motifs is 1. The number of methoxy groups -OCH3 is 1. The van der Waals surface area contributed by atoms with E-state index in [0.29, 0.717) is 19.3 Å². The SMILES string of the molecule is COCCOCCNC1CCc2ccccc2C1. The number of rotatable bonds is 7. The molecule has 0 aromatic heterocycles. The Hall–Kier alpha value is -0.900. The lowest BCUT2D eigenvalue weighted by atomic mass is 9.88. The molecule has 1 aromatic rings. The third-order valence-corrected chi connectivity index (χ3v) is 3.46. The fraction of sp³-hybridized carbons (Fsp3) is 0.600. The van der Waals surface area contributed by atoms with Gasteiger partial charge in [0.1, 0.15) is 0 Å². The van der Waals surface area contributed by atoms with Crippen molar-refractivity contribution in [1.29, 1.82) is 0 Å². The van der Waals surface area contributed by atoms with Crippen molar-refractivity contribution < 1.29 is 9.47 Å². The predicted octanol–water partition coefficient (Wildman–Crippen LogP) is 1.80. The number of hydrogen-bond acceptors (Lipinski definition) is 3. The molecule has 0 aliphatic heterocycles. The van der Waals surface area contributed by atoms with E-state index in [9.17, 15) is 0 Å². The van der Waals surface area contributed by atoms with Crippen LogP contribution in [0.5, 0.6) is 0 Å². The van der Waals surface area contributed by atoms with Gasteiger partial charge in [0.15, 0.2) is 0 Å². The highest BCUT2D eigenvalue weighted by molar-refractivity contribution is 5.30. The Bertz CT molecular complexity index is 354. The van der Waals surface area contributed by atoms with Gasteiger partial charge in [-0.05, 0) is 30.4 Å². The fourth-order valence-corrected chi connectivity index (χ4v) is 2.45. The van der Waals surface area contributed by atoms with Crippen molar-refractivity contribution in [3.8, 4) is 0 Å². The Morgan fingerprint density at radius 3 is 2.83 bits per heavy atom. The molecule has 0 spiro atoms. The van der Waals surface area contributed by atoms with Crippen LogP contribution >= 0.6 is 0 Å². The highest BCUT2D eigenvalue weighted by Crippen LogP contribution is 2.20. The van der Waals surface area contributed by atoms with E-state index >= 15 is 0 Å². The van der Waals surface area contributed by atoms with E-state index in [1.165, 1.54) is 24.0 Å². The van der Waals surface area contributed by atoms with E-state index < -0.39 is 0 Å². The molecule has 1 aliphatic rings. The smallest absolute Gasteiger partial charge is 0.0700 e. The van der Waals surface area contributed by atoms with Crippen LogP contribution in [0.2, 0.25) is 0 Å². The van der Waals surface area contributed by atoms with Crippen molar-refractivity contribution in [3.63, 3.8) is 0 Å². The summed E-state index contributed by atoms with van der Waals surface area (Å²) in [6.45, 7) is 3.06. The zero-order valence-electron chi connectivity index (χ0n) is 11.2. The second-order valence-electron chi connectivity index (χ2n) is 4.77. The standard InChI is InChI=1S/C15H23NO2/c1-17-10-11-18-9-8-16-15-7-6-13-4-2-3-5-14(13)12-15/h2-5,15-16H,6-12H2,1H3. The molecular weight excluding hydrogens is 226 g/mol. The normalized spacial score (nSPS) is 18.6. The molecule has 1 unspecified atom stereocenters. The first kappa shape index (κ1) is 13.5. The van der Waals surface area contributed by atoms with Gasteiger partial charge in [-0.3, -0.25) is 0 Å². The maximum absolute atomic E-state index is 5.45. The van der Waals surface area contributed by atoms with Crippen molar-refractivity contribution in [1.82, 2.24) is 5.32 Å². The van der Waals surface area contributed by atoms with Crippen LogP contribution in [0.3, 0.4) is 0 Å². The van der Waals surface area contributed by atoms with Crippen molar-refractivity contribution in [2.75, 3.05) is 33.5 Å². The van der Waals surface area contributed by atoms with Gasteiger partial charge in [0, 0.05) is 19.7 Å². The highest BCUT2D eigenvalue weighted by atomic mass is 16.5. The summed E-state index contributed by atoms with van der Waals surface area (Å²) < 4.78 is 10.4. The topological polar surface area (TPSA) is 30.5 Å². The van der Waals surface area contributed by atoms with E-state index in [0.717, 1.165) is 19.6 Å². The van der Waals surface area contributed by atoms with Gasteiger partial charge in [-0.1, -0.05) is 24.3 Å². The Balaban J connectivity index is 1.64. The van der Waals surface area contributed by atoms with E-state index in [-0.39, 0.29) is 0 Å². The molecule has 18 heavy (non-hydrogen) atoms. The van der Waals surface area contributed by atoms with Crippen molar-refractivity contribution in [2.45, 2.75) is 25.3 Å². The summed E-state index contributed by atoms with van der Waals surface area (Å²) in [6, 6.07) is 9.37. The van der Waals surface area contributed by atoms with Gasteiger partial charge in [0.25, 0.3) is 0 Å². The van der Waals surface area contributed by atoms with Crippen LogP contribution in [0.1, 0.15) is 17.5 Å². The maximum Gasteiger partial charge on any atom is 0.0700 e. The van der Waals surface area contributed by atoms with Gasteiger partial charge in [-0.15, -0.1) is 0 Å². The number of ether oxygens (including phenoxy) is 2. The third kappa shape index (κ3) is 4.09. The summed E-state index contributed by atoms with van der Waals surface area (Å²) in [5.74, 6) is 0. The molecule has 1 aliphatic carbocycles. The fourth-order valence-electron chi connectivity index (χ4n) is 2.45. The lowest BCUT2D eigenvalue weighted by Crippen LogP contribution is -2.36. The van der Waals surface area contributed by atoms with Crippen LogP contribution in [0.25, 0.3) is 0 Å². The summed E-state index contributed by atoms with van der Waals surface area (Å²) in [5, 5.41) is 3.57. The quantitative estimate of drug-likeness (QED) is 0.747. The van der Waals surface area contributed by atoms with Gasteiger partial charge in [0.2, 0.25) is 0 Å². The highest BCUT2D eigenvalue weighted by Gasteiger charge is 2.16. The average Bonchev–Trinajstić information content (AvgIpc) is 2.42. The molecule has 0 heterocycles. The minimum Gasteiger partial charge on any atom is -0.382 e. The molecule has 1 aromatic carbocycles. The van der Waals surface area contributed by atoms with E-state index in [1.807, 2.05) is 0 Å². The molecule has 2 rings (SSSR count). The van der Waals surface area contributed by atoms with Crippen LogP contribution in [0.4, 0.5) is 0 Å². The van der Waals surface area contributed by atoms with Gasteiger partial charge in [-0.25, -0.2) is 0 Å². The zero-order valence-corrected chi connectivity index (χ0v) is 11.2. The minimum atomic E-state index is 0.603. The molecule has 0 bridgehead atoms. The summed E-state index contributed by atoms with van der Waals surface area (Å²) in [5.41, 5.74) is 3.02. The van der Waals surface area contributed by atoms with Crippen molar-refractivity contribution >= 4 is 0 Å². The first-order chi connectivity index (χ1) is 8.90. The van der Waals surface area contributed by atoms with Gasteiger partial charge in [0.05, 0.1) is 19.8 Å². The largest absolute Gasteiger partial charge is 0.382 e. The third-order valence-electron chi connectivity index (χ3n) is 3.46. The molecule has 100 valence electrons. The summed E-state index contributed by atoms with van der Waals surface area (Å²) in [6.07, 6.45) is 3.57. The lowest BCUT2D eigenvalue weighted by molar-refractivity contribution is 0.0709. The van der Waals surface area contributed by atoms with Crippen LogP contribution in [0, 0.1) is 0 Å². The Labute approximate surface area is 109 Å². The van der Waals surface area contributed by atoms with E-state index in [2.05, 4.69) is 29.6 Å². The predicted molar refractivity (Wildman–Crippen MR) is 73.0 cm³/mol. The second kappa shape index (κ2) is 7.52. The van der Waals surface area contributed by atoms with Crippen LogP contribution in [-0.4, -0.2) is 39.5 Å². The van der Waals surface area contributed by atoms with Crippen LogP contribution in [-0.2, 0) is 22.3 Å². The maximum atomic E-state index is 5.45. The molecule has 3 nitrogen and oxygen atoms in total. The zero-order chi connectivity index (χ0) is 12.6. The lowest BCUT2D eigenvalue weighted by Gasteiger charge is -2.25. The molecule has 1 N–H and O–H groups in total. The van der Waals surface area contributed by atoms with Crippen molar-refractivity contribution in [2.24, 2.45) is 0 Å². The van der Waals surface area contributed by atoms with Crippen LogP contribution < -0.4 is 5.32 Å². The molecule has 1 atom stereocenters.